The van der Waals surface area contributed by atoms with Gasteiger partial charge in [-0.15, -0.1) is 0 Å². The fourth-order valence-corrected chi connectivity index (χ4v) is 2.33. The highest BCUT2D eigenvalue weighted by Crippen LogP contribution is 2.31. The van der Waals surface area contributed by atoms with Crippen LogP contribution in [-0.4, -0.2) is 23.4 Å². The Labute approximate surface area is 105 Å². The van der Waals surface area contributed by atoms with Crippen LogP contribution in [0.5, 0.6) is 0 Å². The summed E-state index contributed by atoms with van der Waals surface area (Å²) < 4.78 is 1.01. The van der Waals surface area contributed by atoms with E-state index in [9.17, 15) is 10.2 Å². The van der Waals surface area contributed by atoms with Crippen LogP contribution in [-0.2, 0) is 5.41 Å². The van der Waals surface area contributed by atoms with E-state index >= 15 is 0 Å². The molecule has 3 heteroatoms. The Morgan fingerprint density at radius 3 is 2.00 bits per heavy atom. The summed E-state index contributed by atoms with van der Waals surface area (Å²) in [6.07, 6.45) is 0.779. The van der Waals surface area contributed by atoms with Crippen molar-refractivity contribution in [2.45, 2.75) is 25.7 Å². The van der Waals surface area contributed by atoms with Gasteiger partial charge in [0.25, 0.3) is 0 Å². The zero-order valence-corrected chi connectivity index (χ0v) is 11.4. The number of benzene rings is 1. The van der Waals surface area contributed by atoms with Gasteiger partial charge >= 0.3 is 0 Å². The first kappa shape index (κ1) is 13.7. The summed E-state index contributed by atoms with van der Waals surface area (Å²) in [7, 11) is 0. The van der Waals surface area contributed by atoms with Crippen molar-refractivity contribution in [3.05, 3.63) is 34.3 Å². The number of rotatable bonds is 5. The van der Waals surface area contributed by atoms with Gasteiger partial charge in [0.2, 0.25) is 0 Å². The number of halogens is 1. The Balaban J connectivity index is 3.04. The van der Waals surface area contributed by atoms with Crippen molar-refractivity contribution in [2.24, 2.45) is 5.92 Å². The van der Waals surface area contributed by atoms with Crippen LogP contribution in [0.15, 0.2) is 28.7 Å². The van der Waals surface area contributed by atoms with Crippen molar-refractivity contribution in [3.8, 4) is 0 Å². The molecule has 0 aromatic heterocycles. The first-order valence-electron chi connectivity index (χ1n) is 5.52. The molecule has 0 saturated heterocycles. The van der Waals surface area contributed by atoms with Crippen molar-refractivity contribution in [2.75, 3.05) is 13.2 Å². The topological polar surface area (TPSA) is 40.5 Å². The normalized spacial score (nSPS) is 12.1. The van der Waals surface area contributed by atoms with Gasteiger partial charge in [-0.25, -0.2) is 0 Å². The van der Waals surface area contributed by atoms with E-state index in [0.717, 1.165) is 16.5 Å². The van der Waals surface area contributed by atoms with Crippen molar-refractivity contribution >= 4 is 15.9 Å². The molecule has 1 aromatic rings. The number of aliphatic hydroxyl groups is 2. The summed E-state index contributed by atoms with van der Waals surface area (Å²) in [5, 5.41) is 19.2. The third kappa shape index (κ3) is 3.06. The summed E-state index contributed by atoms with van der Waals surface area (Å²) in [4.78, 5) is 0. The van der Waals surface area contributed by atoms with Crippen LogP contribution < -0.4 is 0 Å². The lowest BCUT2D eigenvalue weighted by atomic mass is 9.75. The number of hydrogen-bond acceptors (Lipinski definition) is 2. The molecule has 2 nitrogen and oxygen atoms in total. The van der Waals surface area contributed by atoms with Crippen LogP contribution in [0.1, 0.15) is 25.8 Å². The second-order valence-electron chi connectivity index (χ2n) is 4.70. The lowest BCUT2D eigenvalue weighted by Gasteiger charge is -2.32. The predicted octanol–water partition coefficient (Wildman–Crippen LogP) is 2.72. The molecular weight excluding hydrogens is 268 g/mol. The van der Waals surface area contributed by atoms with Crippen molar-refractivity contribution in [3.63, 3.8) is 0 Å². The molecule has 0 aliphatic carbocycles. The molecular formula is C13H19BrO2. The quantitative estimate of drug-likeness (QED) is 0.874. The van der Waals surface area contributed by atoms with Gasteiger partial charge in [0.15, 0.2) is 0 Å². The van der Waals surface area contributed by atoms with Crippen molar-refractivity contribution in [1.82, 2.24) is 0 Å². The van der Waals surface area contributed by atoms with E-state index < -0.39 is 5.41 Å². The molecule has 0 aliphatic rings. The second kappa shape index (κ2) is 5.80. The molecule has 0 atom stereocenters. The van der Waals surface area contributed by atoms with Gasteiger partial charge in [-0.1, -0.05) is 41.9 Å². The van der Waals surface area contributed by atoms with Crippen molar-refractivity contribution < 1.29 is 10.2 Å². The minimum absolute atomic E-state index is 0.0245. The van der Waals surface area contributed by atoms with Crippen LogP contribution >= 0.6 is 15.9 Å². The van der Waals surface area contributed by atoms with E-state index in [1.807, 2.05) is 24.3 Å². The summed E-state index contributed by atoms with van der Waals surface area (Å²) in [5.74, 6) is 0.433. The first-order valence-corrected chi connectivity index (χ1v) is 6.31. The second-order valence-corrected chi connectivity index (χ2v) is 5.62. The van der Waals surface area contributed by atoms with Gasteiger partial charge in [-0.05, 0) is 30.0 Å². The third-order valence-electron chi connectivity index (χ3n) is 2.86. The highest BCUT2D eigenvalue weighted by atomic mass is 79.9. The van der Waals surface area contributed by atoms with Gasteiger partial charge in [0, 0.05) is 9.89 Å². The van der Waals surface area contributed by atoms with E-state index in [1.54, 1.807) is 0 Å². The third-order valence-corrected chi connectivity index (χ3v) is 3.39. The average Bonchev–Trinajstić information content (AvgIpc) is 2.27. The van der Waals surface area contributed by atoms with Gasteiger partial charge in [0.1, 0.15) is 0 Å². The lowest BCUT2D eigenvalue weighted by Crippen LogP contribution is -2.36. The van der Waals surface area contributed by atoms with Gasteiger partial charge in [-0.3, -0.25) is 0 Å². The first-order chi connectivity index (χ1) is 7.54. The Morgan fingerprint density at radius 1 is 1.12 bits per heavy atom. The van der Waals surface area contributed by atoms with Crippen molar-refractivity contribution in [1.29, 1.82) is 0 Å². The monoisotopic (exact) mass is 286 g/mol. The maximum Gasteiger partial charge on any atom is 0.0550 e. The van der Waals surface area contributed by atoms with E-state index in [2.05, 4.69) is 29.8 Å². The lowest BCUT2D eigenvalue weighted by molar-refractivity contribution is 0.0990. The minimum atomic E-state index is -0.519. The van der Waals surface area contributed by atoms with Gasteiger partial charge in [0.05, 0.1) is 13.2 Å². The molecule has 0 radical (unpaired) electrons. The molecule has 90 valence electrons. The molecule has 0 bridgehead atoms. The number of hydrogen-bond donors (Lipinski definition) is 2. The molecule has 0 unspecified atom stereocenters. The van der Waals surface area contributed by atoms with Crippen LogP contribution in [0, 0.1) is 5.92 Å². The SMILES string of the molecule is CC(C)CC(CO)(CO)c1ccc(Br)cc1. The molecule has 0 spiro atoms. The molecule has 1 aromatic carbocycles. The highest BCUT2D eigenvalue weighted by Gasteiger charge is 2.31. The molecule has 0 fully saturated rings. The maximum absolute atomic E-state index is 9.58. The Hall–Kier alpha value is -0.380. The Kier molecular flexibility index (Phi) is 4.96. The standard InChI is InChI=1S/C13H19BrO2/c1-10(2)7-13(8-15,9-16)11-3-5-12(14)6-4-11/h3-6,10,15-16H,7-9H2,1-2H3. The molecule has 16 heavy (non-hydrogen) atoms. The van der Waals surface area contributed by atoms with E-state index in [0.29, 0.717) is 5.92 Å². The van der Waals surface area contributed by atoms with Crippen LogP contribution in [0.2, 0.25) is 0 Å². The zero-order chi connectivity index (χ0) is 12.2. The van der Waals surface area contributed by atoms with Crippen LogP contribution in [0.3, 0.4) is 0 Å². The maximum atomic E-state index is 9.58. The molecule has 0 saturated carbocycles. The summed E-state index contributed by atoms with van der Waals surface area (Å²) in [5.41, 5.74) is 0.476. The smallest absolute Gasteiger partial charge is 0.0550 e. The summed E-state index contributed by atoms with van der Waals surface area (Å²) in [6, 6.07) is 7.79. The van der Waals surface area contributed by atoms with Gasteiger partial charge in [-0.2, -0.15) is 0 Å². The fourth-order valence-electron chi connectivity index (χ4n) is 2.06. The van der Waals surface area contributed by atoms with Gasteiger partial charge < -0.3 is 10.2 Å². The Bertz CT molecular complexity index is 315. The fraction of sp³-hybridized carbons (Fsp3) is 0.538. The molecule has 1 rings (SSSR count). The zero-order valence-electron chi connectivity index (χ0n) is 9.78. The average molecular weight is 287 g/mol. The van der Waals surface area contributed by atoms with E-state index in [-0.39, 0.29) is 13.2 Å². The van der Waals surface area contributed by atoms with Crippen LogP contribution in [0.4, 0.5) is 0 Å². The largest absolute Gasteiger partial charge is 0.395 e. The minimum Gasteiger partial charge on any atom is -0.395 e. The highest BCUT2D eigenvalue weighted by molar-refractivity contribution is 9.10. The molecule has 0 heterocycles. The molecule has 0 amide bonds. The number of aliphatic hydroxyl groups excluding tert-OH is 2. The Morgan fingerprint density at radius 2 is 1.62 bits per heavy atom. The summed E-state index contributed by atoms with van der Waals surface area (Å²) >= 11 is 3.38. The van der Waals surface area contributed by atoms with Crippen LogP contribution in [0.25, 0.3) is 0 Å². The molecule has 0 aliphatic heterocycles. The predicted molar refractivity (Wildman–Crippen MR) is 69.4 cm³/mol. The van der Waals surface area contributed by atoms with E-state index in [1.165, 1.54) is 0 Å². The molecule has 2 N–H and O–H groups in total. The summed E-state index contributed by atoms with van der Waals surface area (Å²) in [6.45, 7) is 4.14. The van der Waals surface area contributed by atoms with E-state index in [4.69, 9.17) is 0 Å².